The van der Waals surface area contributed by atoms with Crippen LogP contribution < -0.4 is 11.1 Å². The first-order valence-electron chi connectivity index (χ1n) is 7.07. The second-order valence-corrected chi connectivity index (χ2v) is 5.12. The molecule has 3 aromatic rings. The molecular weight excluding hydrogens is 312 g/mol. The highest BCUT2D eigenvalue weighted by Gasteiger charge is 2.11. The number of amides is 1. The predicted molar refractivity (Wildman–Crippen MR) is 87.9 cm³/mol. The molecule has 1 amide bonds. The van der Waals surface area contributed by atoms with Crippen molar-refractivity contribution in [1.29, 1.82) is 0 Å². The van der Waals surface area contributed by atoms with Crippen molar-refractivity contribution in [3.05, 3.63) is 58.6 Å². The van der Waals surface area contributed by atoms with Gasteiger partial charge in [0.05, 0.1) is 11.3 Å². The highest BCUT2D eigenvalue weighted by Crippen LogP contribution is 2.24. The number of hydrogen-bond donors (Lipinski definition) is 2. The van der Waals surface area contributed by atoms with Crippen LogP contribution in [0.25, 0.3) is 11.0 Å². The lowest BCUT2D eigenvalue weighted by molar-refractivity contribution is 0.0976. The van der Waals surface area contributed by atoms with E-state index in [-0.39, 0.29) is 18.1 Å². The van der Waals surface area contributed by atoms with E-state index in [1.165, 1.54) is 12.3 Å². The molecule has 0 saturated carbocycles. The minimum absolute atomic E-state index is 0.0594. The van der Waals surface area contributed by atoms with Crippen molar-refractivity contribution in [3.63, 3.8) is 0 Å². The van der Waals surface area contributed by atoms with Gasteiger partial charge in [0.25, 0.3) is 5.91 Å². The van der Waals surface area contributed by atoms with Crippen LogP contribution >= 0.6 is 0 Å². The summed E-state index contributed by atoms with van der Waals surface area (Å²) in [5.41, 5.74) is 7.32. The third kappa shape index (κ3) is 3.32. The molecule has 0 atom stereocenters. The Labute approximate surface area is 136 Å². The summed E-state index contributed by atoms with van der Waals surface area (Å²) in [6, 6.07) is 8.62. The lowest BCUT2D eigenvalue weighted by atomic mass is 10.2. The zero-order valence-electron chi connectivity index (χ0n) is 12.8. The number of carbonyl (C=O) groups is 1. The second kappa shape index (κ2) is 6.37. The summed E-state index contributed by atoms with van der Waals surface area (Å²) in [5, 5.41) is 6.04. The fraction of sp³-hybridized carbons (Fsp3) is 0.125. The number of fused-ring (bicyclic) bond motifs is 1. The summed E-state index contributed by atoms with van der Waals surface area (Å²) < 4.78 is 10.5. The molecule has 3 N–H and O–H groups in total. The number of carbonyl (C=O) groups excluding carboxylic acids is 1. The van der Waals surface area contributed by atoms with Crippen LogP contribution in [0.2, 0.25) is 0 Å². The van der Waals surface area contributed by atoms with Crippen molar-refractivity contribution in [3.8, 4) is 0 Å². The third-order valence-electron chi connectivity index (χ3n) is 3.25. The molecule has 3 rings (SSSR count). The number of benzene rings is 1. The first-order chi connectivity index (χ1) is 11.5. The van der Waals surface area contributed by atoms with Crippen LogP contribution in [0.4, 0.5) is 5.69 Å². The molecule has 0 aliphatic carbocycles. The van der Waals surface area contributed by atoms with Crippen molar-refractivity contribution < 1.29 is 13.6 Å². The standard InChI is InChI=1S/C16H14N4O4/c1-9-4-10-5-12(2-3-14(10)24-9)19-16(17)20-15(21)11-6-13(7-18-22)23-8-11/h2-6,8H,7H2,1H3,(H3,17,19,20,21). The van der Waals surface area contributed by atoms with E-state index in [4.69, 9.17) is 14.6 Å². The SMILES string of the molecule is Cc1cc2cc(N=C(N)NC(=O)c3coc(CN=O)c3)ccc2o1. The third-order valence-corrected chi connectivity index (χ3v) is 3.25. The maximum Gasteiger partial charge on any atom is 0.261 e. The molecule has 122 valence electrons. The van der Waals surface area contributed by atoms with Gasteiger partial charge in [0.2, 0.25) is 5.96 Å². The Bertz CT molecular complexity index is 939. The lowest BCUT2D eigenvalue weighted by Gasteiger charge is -2.02. The van der Waals surface area contributed by atoms with Crippen LogP contribution in [0.5, 0.6) is 0 Å². The van der Waals surface area contributed by atoms with Gasteiger partial charge < -0.3 is 14.6 Å². The highest BCUT2D eigenvalue weighted by atomic mass is 16.3. The summed E-state index contributed by atoms with van der Waals surface area (Å²) in [4.78, 5) is 26.3. The van der Waals surface area contributed by atoms with Gasteiger partial charge in [-0.05, 0) is 37.3 Å². The Hall–Kier alpha value is -3.42. The van der Waals surface area contributed by atoms with Gasteiger partial charge >= 0.3 is 0 Å². The number of hydrogen-bond acceptors (Lipinski definition) is 6. The number of guanidine groups is 1. The van der Waals surface area contributed by atoms with E-state index < -0.39 is 5.91 Å². The van der Waals surface area contributed by atoms with Crippen LogP contribution in [-0.2, 0) is 6.54 Å². The molecule has 1 aromatic carbocycles. The van der Waals surface area contributed by atoms with Crippen LogP contribution in [0.1, 0.15) is 21.9 Å². The van der Waals surface area contributed by atoms with Crippen LogP contribution in [0, 0.1) is 11.8 Å². The van der Waals surface area contributed by atoms with Crippen LogP contribution in [-0.4, -0.2) is 11.9 Å². The van der Waals surface area contributed by atoms with Crippen molar-refractivity contribution in [2.75, 3.05) is 0 Å². The number of furan rings is 2. The second-order valence-electron chi connectivity index (χ2n) is 5.12. The molecule has 0 radical (unpaired) electrons. The molecule has 2 heterocycles. The van der Waals surface area contributed by atoms with Gasteiger partial charge in [-0.1, -0.05) is 5.18 Å². The average Bonchev–Trinajstić information content (AvgIpc) is 3.12. The van der Waals surface area contributed by atoms with Gasteiger partial charge in [0, 0.05) is 5.39 Å². The molecule has 0 saturated heterocycles. The Morgan fingerprint density at radius 3 is 2.92 bits per heavy atom. The molecule has 8 nitrogen and oxygen atoms in total. The smallest absolute Gasteiger partial charge is 0.261 e. The predicted octanol–water partition coefficient (Wildman–Crippen LogP) is 2.98. The van der Waals surface area contributed by atoms with E-state index in [1.807, 2.05) is 13.0 Å². The van der Waals surface area contributed by atoms with Crippen molar-refractivity contribution in [2.24, 2.45) is 15.9 Å². The summed E-state index contributed by atoms with van der Waals surface area (Å²) in [6.45, 7) is 1.72. The van der Waals surface area contributed by atoms with E-state index in [2.05, 4.69) is 15.5 Å². The summed E-state index contributed by atoms with van der Waals surface area (Å²) in [5.74, 6) is 0.549. The fourth-order valence-electron chi connectivity index (χ4n) is 2.23. The minimum atomic E-state index is -0.489. The van der Waals surface area contributed by atoms with E-state index >= 15 is 0 Å². The summed E-state index contributed by atoms with van der Waals surface area (Å²) in [6.07, 6.45) is 1.23. The quantitative estimate of drug-likeness (QED) is 0.433. The average molecular weight is 326 g/mol. The number of nitroso groups, excluding NO2 is 1. The first-order valence-corrected chi connectivity index (χ1v) is 7.07. The van der Waals surface area contributed by atoms with Crippen molar-refractivity contribution in [2.45, 2.75) is 13.5 Å². The number of aryl methyl sites for hydroxylation is 1. The Balaban J connectivity index is 1.73. The molecular formula is C16H14N4O4. The number of nitrogens with zero attached hydrogens (tertiary/aromatic N) is 2. The first kappa shape index (κ1) is 15.5. The van der Waals surface area contributed by atoms with Crippen LogP contribution in [0.15, 0.2) is 55.6 Å². The van der Waals surface area contributed by atoms with Gasteiger partial charge in [-0.15, -0.1) is 0 Å². The van der Waals surface area contributed by atoms with E-state index in [0.717, 1.165) is 16.7 Å². The van der Waals surface area contributed by atoms with E-state index in [9.17, 15) is 9.70 Å². The molecule has 0 fully saturated rings. The molecule has 0 aliphatic rings. The minimum Gasteiger partial charge on any atom is -0.466 e. The molecule has 24 heavy (non-hydrogen) atoms. The number of nitrogens with one attached hydrogen (secondary N) is 1. The molecule has 0 unspecified atom stereocenters. The maximum absolute atomic E-state index is 12.0. The zero-order chi connectivity index (χ0) is 17.1. The van der Waals surface area contributed by atoms with Crippen LogP contribution in [0.3, 0.4) is 0 Å². The Kier molecular flexibility index (Phi) is 4.11. The highest BCUT2D eigenvalue weighted by molar-refractivity contribution is 6.05. The van der Waals surface area contributed by atoms with Gasteiger partial charge in [-0.3, -0.25) is 10.1 Å². The van der Waals surface area contributed by atoms with Crippen molar-refractivity contribution >= 4 is 28.5 Å². The van der Waals surface area contributed by atoms with Gasteiger partial charge in [-0.2, -0.15) is 4.91 Å². The molecule has 8 heteroatoms. The zero-order valence-corrected chi connectivity index (χ0v) is 12.8. The van der Waals surface area contributed by atoms with Gasteiger partial charge in [0.15, 0.2) is 0 Å². The number of rotatable bonds is 4. The van der Waals surface area contributed by atoms with Gasteiger partial charge in [0.1, 0.15) is 29.9 Å². The largest absolute Gasteiger partial charge is 0.466 e. The van der Waals surface area contributed by atoms with E-state index in [1.54, 1.807) is 18.2 Å². The summed E-state index contributed by atoms with van der Waals surface area (Å²) in [7, 11) is 0. The molecule has 0 spiro atoms. The normalized spacial score (nSPS) is 11.6. The monoisotopic (exact) mass is 326 g/mol. The van der Waals surface area contributed by atoms with E-state index in [0.29, 0.717) is 11.4 Å². The van der Waals surface area contributed by atoms with Gasteiger partial charge in [-0.25, -0.2) is 4.99 Å². The fourth-order valence-corrected chi connectivity index (χ4v) is 2.23. The Morgan fingerprint density at radius 1 is 1.29 bits per heavy atom. The Morgan fingerprint density at radius 2 is 2.12 bits per heavy atom. The molecule has 0 aliphatic heterocycles. The number of aliphatic imine (C=N–C) groups is 1. The molecule has 0 bridgehead atoms. The topological polar surface area (TPSA) is 123 Å². The number of nitrogens with two attached hydrogens (primary N) is 1. The summed E-state index contributed by atoms with van der Waals surface area (Å²) >= 11 is 0. The maximum atomic E-state index is 12.0. The molecule has 2 aromatic heterocycles. The lowest BCUT2D eigenvalue weighted by Crippen LogP contribution is -2.36. The van der Waals surface area contributed by atoms with Crippen molar-refractivity contribution in [1.82, 2.24) is 5.32 Å².